The predicted octanol–water partition coefficient (Wildman–Crippen LogP) is 1.35. The van der Waals surface area contributed by atoms with E-state index < -0.39 is 18.1 Å². The molecule has 1 heterocycles. The lowest BCUT2D eigenvalue weighted by molar-refractivity contribution is -0.148. The largest absolute Gasteiger partial charge is 0.461 e. The zero-order valence-corrected chi connectivity index (χ0v) is 14.2. The summed E-state index contributed by atoms with van der Waals surface area (Å²) >= 11 is 0. The van der Waals surface area contributed by atoms with Gasteiger partial charge in [0, 0.05) is 6.42 Å². The van der Waals surface area contributed by atoms with Gasteiger partial charge in [-0.15, -0.1) is 0 Å². The summed E-state index contributed by atoms with van der Waals surface area (Å²) in [5.74, 6) is -1.20. The van der Waals surface area contributed by atoms with E-state index in [4.69, 9.17) is 4.74 Å². The van der Waals surface area contributed by atoms with Gasteiger partial charge < -0.3 is 15.4 Å². The monoisotopic (exact) mass is 352 g/mol. The van der Waals surface area contributed by atoms with E-state index in [0.717, 1.165) is 11.1 Å². The highest BCUT2D eigenvalue weighted by Crippen LogP contribution is 2.09. The van der Waals surface area contributed by atoms with Crippen molar-refractivity contribution >= 4 is 17.8 Å². The normalized spacial score (nSPS) is 19.4. The molecule has 2 amide bonds. The quantitative estimate of drug-likeness (QED) is 0.769. The van der Waals surface area contributed by atoms with Crippen molar-refractivity contribution < 1.29 is 19.1 Å². The number of hydrogen-bond acceptors (Lipinski definition) is 4. The van der Waals surface area contributed by atoms with Crippen LogP contribution in [0, 0.1) is 0 Å². The Morgan fingerprint density at radius 3 is 2.00 bits per heavy atom. The number of esters is 1. The fourth-order valence-electron chi connectivity index (χ4n) is 2.78. The van der Waals surface area contributed by atoms with Gasteiger partial charge in [0.05, 0.1) is 6.42 Å². The van der Waals surface area contributed by atoms with Gasteiger partial charge in [-0.2, -0.15) is 0 Å². The van der Waals surface area contributed by atoms with Crippen LogP contribution in [-0.2, 0) is 32.1 Å². The maximum atomic E-state index is 12.2. The van der Waals surface area contributed by atoms with Gasteiger partial charge in [0.25, 0.3) is 0 Å². The van der Waals surface area contributed by atoms with Gasteiger partial charge in [0.2, 0.25) is 11.8 Å². The number of carbonyl (C=O) groups is 3. The van der Waals surface area contributed by atoms with Crippen molar-refractivity contribution in [3.05, 3.63) is 71.8 Å². The number of benzene rings is 2. The first-order chi connectivity index (χ1) is 12.6. The van der Waals surface area contributed by atoms with Crippen LogP contribution in [0.15, 0.2) is 60.7 Å². The smallest absolute Gasteiger partial charge is 0.308 e. The van der Waals surface area contributed by atoms with E-state index >= 15 is 0 Å². The van der Waals surface area contributed by atoms with Crippen molar-refractivity contribution in [1.29, 1.82) is 0 Å². The summed E-state index contributed by atoms with van der Waals surface area (Å²) in [4.78, 5) is 36.4. The lowest BCUT2D eigenvalue weighted by Crippen LogP contribution is -2.62. The molecule has 26 heavy (non-hydrogen) atoms. The number of amides is 2. The molecule has 1 fully saturated rings. The third-order valence-corrected chi connectivity index (χ3v) is 4.16. The molecule has 0 saturated carbocycles. The first kappa shape index (κ1) is 17.7. The molecule has 1 saturated heterocycles. The molecule has 2 N–H and O–H groups in total. The average Bonchev–Trinajstić information content (AvgIpc) is 2.66. The lowest BCUT2D eigenvalue weighted by atomic mass is 10.0. The molecule has 2 aromatic carbocycles. The summed E-state index contributed by atoms with van der Waals surface area (Å²) in [6, 6.07) is 17.2. The molecular formula is C20H20N2O4. The van der Waals surface area contributed by atoms with E-state index in [1.54, 1.807) is 0 Å². The summed E-state index contributed by atoms with van der Waals surface area (Å²) in [6.07, 6.45) is 0.214. The van der Waals surface area contributed by atoms with Crippen molar-refractivity contribution in [3.63, 3.8) is 0 Å². The van der Waals surface area contributed by atoms with Crippen LogP contribution in [0.4, 0.5) is 0 Å². The van der Waals surface area contributed by atoms with E-state index in [-0.39, 0.29) is 24.8 Å². The molecule has 1 aliphatic rings. The van der Waals surface area contributed by atoms with E-state index in [1.165, 1.54) is 0 Å². The van der Waals surface area contributed by atoms with Crippen molar-refractivity contribution in [2.24, 2.45) is 0 Å². The van der Waals surface area contributed by atoms with Gasteiger partial charge in [0.1, 0.15) is 18.7 Å². The number of rotatable bonds is 6. The average molecular weight is 352 g/mol. The van der Waals surface area contributed by atoms with Crippen LogP contribution in [0.5, 0.6) is 0 Å². The Labute approximate surface area is 151 Å². The number of carbonyl (C=O) groups excluding carboxylic acids is 3. The van der Waals surface area contributed by atoms with Crippen molar-refractivity contribution in [2.45, 2.75) is 31.5 Å². The first-order valence-electron chi connectivity index (χ1n) is 8.46. The molecule has 1 aliphatic heterocycles. The highest BCUT2D eigenvalue weighted by atomic mass is 16.5. The second-order valence-electron chi connectivity index (χ2n) is 6.16. The topological polar surface area (TPSA) is 84.5 Å². The maximum Gasteiger partial charge on any atom is 0.308 e. The predicted molar refractivity (Wildman–Crippen MR) is 94.9 cm³/mol. The first-order valence-corrected chi connectivity index (χ1v) is 8.46. The molecule has 0 spiro atoms. The third kappa shape index (κ3) is 4.69. The molecule has 2 aromatic rings. The minimum atomic E-state index is -0.905. The second kappa shape index (κ2) is 8.29. The third-order valence-electron chi connectivity index (χ3n) is 4.16. The zero-order valence-electron chi connectivity index (χ0n) is 14.2. The number of piperazine rings is 1. The highest BCUT2D eigenvalue weighted by Gasteiger charge is 2.35. The zero-order chi connectivity index (χ0) is 18.4. The molecular weight excluding hydrogens is 332 g/mol. The van der Waals surface area contributed by atoms with E-state index in [1.807, 2.05) is 60.7 Å². The Morgan fingerprint density at radius 2 is 1.35 bits per heavy atom. The summed E-state index contributed by atoms with van der Waals surface area (Å²) in [6.45, 7) is 0.137. The minimum absolute atomic E-state index is 0.137. The lowest BCUT2D eigenvalue weighted by Gasteiger charge is -2.29. The molecule has 6 nitrogen and oxygen atoms in total. The minimum Gasteiger partial charge on any atom is -0.461 e. The fourth-order valence-corrected chi connectivity index (χ4v) is 2.78. The van der Waals surface area contributed by atoms with E-state index in [0.29, 0.717) is 6.42 Å². The van der Waals surface area contributed by atoms with Crippen molar-refractivity contribution in [1.82, 2.24) is 10.6 Å². The summed E-state index contributed by atoms with van der Waals surface area (Å²) in [5.41, 5.74) is 1.81. The van der Waals surface area contributed by atoms with Crippen LogP contribution in [0.25, 0.3) is 0 Å². The molecule has 2 unspecified atom stereocenters. The Kier molecular flexibility index (Phi) is 5.63. The van der Waals surface area contributed by atoms with Gasteiger partial charge in [-0.1, -0.05) is 60.7 Å². The Hall–Kier alpha value is -3.15. The molecule has 2 atom stereocenters. The van der Waals surface area contributed by atoms with Crippen LogP contribution in [0.2, 0.25) is 0 Å². The number of ether oxygens (including phenoxy) is 1. The molecule has 0 aliphatic carbocycles. The second-order valence-corrected chi connectivity index (χ2v) is 6.16. The van der Waals surface area contributed by atoms with Crippen LogP contribution < -0.4 is 10.6 Å². The Morgan fingerprint density at radius 1 is 0.808 bits per heavy atom. The summed E-state index contributed by atoms with van der Waals surface area (Å²) in [5, 5.41) is 5.30. The number of hydrogen-bond donors (Lipinski definition) is 2. The van der Waals surface area contributed by atoms with Crippen LogP contribution in [-0.4, -0.2) is 29.9 Å². The van der Waals surface area contributed by atoms with Crippen molar-refractivity contribution in [3.8, 4) is 0 Å². The fraction of sp³-hybridized carbons (Fsp3) is 0.250. The molecule has 0 radical (unpaired) electrons. The molecule has 134 valence electrons. The summed E-state index contributed by atoms with van der Waals surface area (Å²) in [7, 11) is 0. The van der Waals surface area contributed by atoms with Crippen LogP contribution in [0.3, 0.4) is 0 Å². The van der Waals surface area contributed by atoms with Crippen molar-refractivity contribution in [2.75, 3.05) is 0 Å². The SMILES string of the molecule is O=C(CC1NC(=O)C(Cc2ccccc2)NC1=O)OCc1ccccc1. The Bertz CT molecular complexity index is 775. The van der Waals surface area contributed by atoms with Gasteiger partial charge in [0.15, 0.2) is 0 Å². The highest BCUT2D eigenvalue weighted by molar-refractivity contribution is 5.98. The molecule has 0 bridgehead atoms. The van der Waals surface area contributed by atoms with Gasteiger partial charge in [-0.3, -0.25) is 14.4 Å². The number of nitrogens with one attached hydrogen (secondary N) is 2. The van der Waals surface area contributed by atoms with Crippen LogP contribution >= 0.6 is 0 Å². The summed E-state index contributed by atoms with van der Waals surface area (Å²) < 4.78 is 5.17. The van der Waals surface area contributed by atoms with Gasteiger partial charge >= 0.3 is 5.97 Å². The standard InChI is InChI=1S/C20H20N2O4/c23-18(26-13-15-9-5-2-6-10-15)12-17-20(25)21-16(19(24)22-17)11-14-7-3-1-4-8-14/h1-10,16-17H,11-13H2,(H,21,25)(H,22,24). The van der Waals surface area contributed by atoms with Gasteiger partial charge in [-0.25, -0.2) is 0 Å². The van der Waals surface area contributed by atoms with Crippen LogP contribution in [0.1, 0.15) is 17.5 Å². The molecule has 6 heteroatoms. The Balaban J connectivity index is 1.50. The van der Waals surface area contributed by atoms with E-state index in [2.05, 4.69) is 10.6 Å². The maximum absolute atomic E-state index is 12.2. The molecule has 0 aromatic heterocycles. The van der Waals surface area contributed by atoms with E-state index in [9.17, 15) is 14.4 Å². The van der Waals surface area contributed by atoms with Gasteiger partial charge in [-0.05, 0) is 11.1 Å². The molecule has 3 rings (SSSR count).